The average molecular weight is 238 g/mol. The van der Waals surface area contributed by atoms with E-state index >= 15 is 0 Å². The highest BCUT2D eigenvalue weighted by Gasteiger charge is 2.30. The minimum Gasteiger partial charge on any atom is -0.312 e. The first-order valence-corrected chi connectivity index (χ1v) is 7.75. The SMILES string of the molecule is CCCC(NCCN(C)C1CCCC1)C1CC1. The highest BCUT2D eigenvalue weighted by atomic mass is 15.1. The van der Waals surface area contributed by atoms with Crippen molar-refractivity contribution in [3.05, 3.63) is 0 Å². The molecule has 0 spiro atoms. The van der Waals surface area contributed by atoms with Crippen LogP contribution in [0, 0.1) is 5.92 Å². The topological polar surface area (TPSA) is 15.3 Å². The van der Waals surface area contributed by atoms with Gasteiger partial charge in [0.2, 0.25) is 0 Å². The average Bonchev–Trinajstić information content (AvgIpc) is 3.02. The van der Waals surface area contributed by atoms with Gasteiger partial charge in [-0.25, -0.2) is 0 Å². The van der Waals surface area contributed by atoms with Gasteiger partial charge in [0.1, 0.15) is 0 Å². The van der Waals surface area contributed by atoms with E-state index in [2.05, 4.69) is 24.2 Å². The van der Waals surface area contributed by atoms with E-state index in [4.69, 9.17) is 0 Å². The molecule has 0 saturated heterocycles. The summed E-state index contributed by atoms with van der Waals surface area (Å²) in [7, 11) is 2.31. The number of hydrogen-bond donors (Lipinski definition) is 1. The van der Waals surface area contributed by atoms with Crippen LogP contribution in [0.3, 0.4) is 0 Å². The zero-order valence-corrected chi connectivity index (χ0v) is 11.8. The number of nitrogens with one attached hydrogen (secondary N) is 1. The van der Waals surface area contributed by atoms with E-state index in [1.807, 2.05) is 0 Å². The fourth-order valence-electron chi connectivity index (χ4n) is 3.27. The summed E-state index contributed by atoms with van der Waals surface area (Å²) < 4.78 is 0. The normalized spacial score (nSPS) is 23.5. The van der Waals surface area contributed by atoms with Crippen molar-refractivity contribution in [2.24, 2.45) is 5.92 Å². The van der Waals surface area contributed by atoms with Crippen molar-refractivity contribution < 1.29 is 0 Å². The van der Waals surface area contributed by atoms with Crippen LogP contribution in [0.4, 0.5) is 0 Å². The molecule has 2 aliphatic carbocycles. The van der Waals surface area contributed by atoms with Gasteiger partial charge in [-0.1, -0.05) is 26.2 Å². The van der Waals surface area contributed by atoms with Crippen LogP contribution in [-0.4, -0.2) is 37.1 Å². The van der Waals surface area contributed by atoms with Crippen molar-refractivity contribution >= 4 is 0 Å². The van der Waals surface area contributed by atoms with Crippen LogP contribution in [0.25, 0.3) is 0 Å². The third kappa shape index (κ3) is 4.26. The Hall–Kier alpha value is -0.0800. The number of rotatable bonds is 8. The molecule has 2 nitrogen and oxygen atoms in total. The van der Waals surface area contributed by atoms with E-state index < -0.39 is 0 Å². The Morgan fingerprint density at radius 2 is 1.88 bits per heavy atom. The van der Waals surface area contributed by atoms with Crippen molar-refractivity contribution in [2.75, 3.05) is 20.1 Å². The molecule has 0 aromatic carbocycles. The lowest BCUT2D eigenvalue weighted by molar-refractivity contribution is 0.239. The number of likely N-dealkylation sites (N-methyl/N-ethyl adjacent to an activating group) is 1. The summed E-state index contributed by atoms with van der Waals surface area (Å²) in [5.41, 5.74) is 0. The van der Waals surface area contributed by atoms with Gasteiger partial charge in [0.05, 0.1) is 0 Å². The summed E-state index contributed by atoms with van der Waals surface area (Å²) in [5, 5.41) is 3.80. The molecule has 0 heterocycles. The lowest BCUT2D eigenvalue weighted by Gasteiger charge is -2.25. The number of hydrogen-bond acceptors (Lipinski definition) is 2. The van der Waals surface area contributed by atoms with Gasteiger partial charge in [0, 0.05) is 25.2 Å². The van der Waals surface area contributed by atoms with Gasteiger partial charge in [0.25, 0.3) is 0 Å². The molecule has 0 radical (unpaired) electrons. The lowest BCUT2D eigenvalue weighted by Crippen LogP contribution is -2.39. The summed E-state index contributed by atoms with van der Waals surface area (Å²) in [6.07, 6.45) is 11.4. The largest absolute Gasteiger partial charge is 0.312 e. The van der Waals surface area contributed by atoms with Crippen LogP contribution in [0.2, 0.25) is 0 Å². The second-order valence-electron chi connectivity index (χ2n) is 6.11. The zero-order valence-electron chi connectivity index (χ0n) is 11.8. The summed E-state index contributed by atoms with van der Waals surface area (Å²) >= 11 is 0. The van der Waals surface area contributed by atoms with Gasteiger partial charge in [0.15, 0.2) is 0 Å². The van der Waals surface area contributed by atoms with Crippen LogP contribution in [0.1, 0.15) is 58.3 Å². The molecule has 2 heteroatoms. The van der Waals surface area contributed by atoms with Crippen LogP contribution in [0.15, 0.2) is 0 Å². The monoisotopic (exact) mass is 238 g/mol. The molecule has 100 valence electrons. The maximum atomic E-state index is 3.80. The first kappa shape index (κ1) is 13.4. The maximum absolute atomic E-state index is 3.80. The molecule has 1 N–H and O–H groups in total. The van der Waals surface area contributed by atoms with Crippen LogP contribution >= 0.6 is 0 Å². The van der Waals surface area contributed by atoms with E-state index in [1.54, 1.807) is 0 Å². The van der Waals surface area contributed by atoms with E-state index in [0.29, 0.717) is 0 Å². The molecule has 0 aromatic heterocycles. The molecule has 2 aliphatic rings. The van der Waals surface area contributed by atoms with Crippen LogP contribution < -0.4 is 5.32 Å². The van der Waals surface area contributed by atoms with Gasteiger partial charge in [-0.05, 0) is 45.1 Å². The predicted molar refractivity (Wildman–Crippen MR) is 74.3 cm³/mol. The molecule has 2 rings (SSSR count). The second kappa shape index (κ2) is 6.75. The van der Waals surface area contributed by atoms with E-state index in [9.17, 15) is 0 Å². The van der Waals surface area contributed by atoms with Crippen molar-refractivity contribution in [1.29, 1.82) is 0 Å². The molecule has 0 bridgehead atoms. The first-order valence-electron chi connectivity index (χ1n) is 7.75. The molecule has 0 aliphatic heterocycles. The van der Waals surface area contributed by atoms with Crippen molar-refractivity contribution in [1.82, 2.24) is 10.2 Å². The Balaban J connectivity index is 1.60. The fourth-order valence-corrected chi connectivity index (χ4v) is 3.27. The van der Waals surface area contributed by atoms with E-state index in [-0.39, 0.29) is 0 Å². The highest BCUT2D eigenvalue weighted by molar-refractivity contribution is 4.86. The van der Waals surface area contributed by atoms with Gasteiger partial charge < -0.3 is 10.2 Å². The molecule has 17 heavy (non-hydrogen) atoms. The second-order valence-corrected chi connectivity index (χ2v) is 6.11. The van der Waals surface area contributed by atoms with Crippen molar-refractivity contribution in [2.45, 2.75) is 70.4 Å². The van der Waals surface area contributed by atoms with Crippen molar-refractivity contribution in [3.63, 3.8) is 0 Å². The molecular weight excluding hydrogens is 208 g/mol. The van der Waals surface area contributed by atoms with Gasteiger partial charge in [-0.3, -0.25) is 0 Å². The summed E-state index contributed by atoms with van der Waals surface area (Å²) in [6.45, 7) is 4.73. The Morgan fingerprint density at radius 3 is 2.47 bits per heavy atom. The van der Waals surface area contributed by atoms with Crippen LogP contribution in [0.5, 0.6) is 0 Å². The smallest absolute Gasteiger partial charge is 0.0107 e. The maximum Gasteiger partial charge on any atom is 0.0107 e. The van der Waals surface area contributed by atoms with E-state index in [0.717, 1.165) is 18.0 Å². The Morgan fingerprint density at radius 1 is 1.18 bits per heavy atom. The Labute approximate surface area is 107 Å². The van der Waals surface area contributed by atoms with Gasteiger partial charge in [-0.15, -0.1) is 0 Å². The molecule has 2 fully saturated rings. The fraction of sp³-hybridized carbons (Fsp3) is 1.00. The van der Waals surface area contributed by atoms with Gasteiger partial charge in [-0.2, -0.15) is 0 Å². The molecule has 2 saturated carbocycles. The van der Waals surface area contributed by atoms with Gasteiger partial charge >= 0.3 is 0 Å². The zero-order chi connectivity index (χ0) is 12.1. The number of nitrogens with zero attached hydrogens (tertiary/aromatic N) is 1. The standard InChI is InChI=1S/C15H30N2/c1-3-6-15(13-9-10-13)16-11-12-17(2)14-7-4-5-8-14/h13-16H,3-12H2,1-2H3. The predicted octanol–water partition coefficient (Wildman–Crippen LogP) is 3.03. The van der Waals surface area contributed by atoms with E-state index in [1.165, 1.54) is 64.5 Å². The quantitative estimate of drug-likeness (QED) is 0.699. The molecule has 1 unspecified atom stereocenters. The third-order valence-electron chi connectivity index (χ3n) is 4.61. The molecule has 1 atom stereocenters. The van der Waals surface area contributed by atoms with Crippen LogP contribution in [-0.2, 0) is 0 Å². The Bertz CT molecular complexity index is 207. The minimum absolute atomic E-state index is 0.817. The molecule has 0 amide bonds. The minimum atomic E-state index is 0.817. The molecule has 0 aromatic rings. The summed E-state index contributed by atoms with van der Waals surface area (Å²) in [4.78, 5) is 2.58. The summed E-state index contributed by atoms with van der Waals surface area (Å²) in [6, 6.07) is 1.69. The molecular formula is C15H30N2. The third-order valence-corrected chi connectivity index (χ3v) is 4.61. The Kier molecular flexibility index (Phi) is 5.30. The lowest BCUT2D eigenvalue weighted by atomic mass is 10.1. The van der Waals surface area contributed by atoms with Crippen molar-refractivity contribution in [3.8, 4) is 0 Å². The first-order chi connectivity index (χ1) is 8.31. The highest BCUT2D eigenvalue weighted by Crippen LogP contribution is 2.34. The summed E-state index contributed by atoms with van der Waals surface area (Å²) in [5.74, 6) is 1.01.